The number of esters is 1. The topological polar surface area (TPSA) is 35.5 Å². The third kappa shape index (κ3) is 5.78. The maximum atomic E-state index is 11.5. The minimum Gasteiger partial charge on any atom is -0.469 e. The average molecular weight is 216 g/mol. The van der Waals surface area contributed by atoms with Crippen LogP contribution in [0.3, 0.4) is 0 Å². The van der Waals surface area contributed by atoms with Crippen LogP contribution in [-0.2, 0) is 14.3 Å². The maximum absolute atomic E-state index is 11.5. The molecule has 2 unspecified atom stereocenters. The zero-order valence-electron chi connectivity index (χ0n) is 10.6. The normalized spacial score (nSPS) is 15.1. The van der Waals surface area contributed by atoms with Crippen molar-refractivity contribution < 1.29 is 14.3 Å². The van der Waals surface area contributed by atoms with Crippen molar-refractivity contribution in [3.05, 3.63) is 0 Å². The van der Waals surface area contributed by atoms with E-state index in [9.17, 15) is 4.79 Å². The van der Waals surface area contributed by atoms with Crippen molar-refractivity contribution in [2.75, 3.05) is 20.3 Å². The van der Waals surface area contributed by atoms with Gasteiger partial charge >= 0.3 is 5.97 Å². The van der Waals surface area contributed by atoms with E-state index in [0.717, 1.165) is 6.42 Å². The number of rotatable bonds is 7. The first-order valence-electron chi connectivity index (χ1n) is 5.68. The largest absolute Gasteiger partial charge is 0.469 e. The van der Waals surface area contributed by atoms with Gasteiger partial charge in [-0.15, -0.1) is 0 Å². The molecule has 0 aromatic rings. The molecule has 0 heterocycles. The lowest BCUT2D eigenvalue weighted by molar-refractivity contribution is -0.148. The number of carbonyl (C=O) groups excluding carboxylic acids is 1. The minimum absolute atomic E-state index is 0.118. The Morgan fingerprint density at radius 1 is 1.27 bits per heavy atom. The van der Waals surface area contributed by atoms with Crippen LogP contribution < -0.4 is 0 Å². The summed E-state index contributed by atoms with van der Waals surface area (Å²) in [4.78, 5) is 11.5. The Labute approximate surface area is 93.1 Å². The van der Waals surface area contributed by atoms with Crippen molar-refractivity contribution in [3.8, 4) is 0 Å². The molecule has 0 saturated heterocycles. The zero-order valence-corrected chi connectivity index (χ0v) is 10.6. The van der Waals surface area contributed by atoms with E-state index in [2.05, 4.69) is 20.8 Å². The predicted octanol–water partition coefficient (Wildman–Crippen LogP) is 2.49. The van der Waals surface area contributed by atoms with Crippen LogP contribution in [0.2, 0.25) is 0 Å². The summed E-state index contributed by atoms with van der Waals surface area (Å²) in [6.07, 6.45) is 0.838. The fraction of sp³-hybridized carbons (Fsp3) is 0.917. The summed E-state index contributed by atoms with van der Waals surface area (Å²) >= 11 is 0. The molecule has 0 aliphatic carbocycles. The lowest BCUT2D eigenvalue weighted by atomic mass is 9.88. The molecule has 0 aromatic heterocycles. The molecule has 0 N–H and O–H groups in total. The van der Waals surface area contributed by atoms with Crippen molar-refractivity contribution in [1.82, 2.24) is 0 Å². The van der Waals surface area contributed by atoms with Gasteiger partial charge in [0.25, 0.3) is 0 Å². The van der Waals surface area contributed by atoms with Gasteiger partial charge in [0.05, 0.1) is 19.6 Å². The van der Waals surface area contributed by atoms with E-state index in [0.29, 0.717) is 25.0 Å². The molecule has 0 aliphatic heterocycles. The molecule has 0 aliphatic rings. The minimum atomic E-state index is -0.157. The Balaban J connectivity index is 4.17. The number of ether oxygens (including phenoxy) is 2. The molecular formula is C12H24O3. The van der Waals surface area contributed by atoms with Crippen LogP contribution in [0.1, 0.15) is 34.1 Å². The Kier molecular flexibility index (Phi) is 7.39. The van der Waals surface area contributed by atoms with E-state index in [-0.39, 0.29) is 11.9 Å². The third-order valence-corrected chi connectivity index (χ3v) is 2.85. The third-order valence-electron chi connectivity index (χ3n) is 2.85. The second-order valence-electron chi connectivity index (χ2n) is 4.34. The standard InChI is InChI=1S/C12H24O3/c1-6-15-8-11(12(13)14-5)7-10(4)9(2)3/h9-11H,6-8H2,1-5H3. The highest BCUT2D eigenvalue weighted by Crippen LogP contribution is 2.21. The molecule has 0 spiro atoms. The van der Waals surface area contributed by atoms with Crippen molar-refractivity contribution in [1.29, 1.82) is 0 Å². The van der Waals surface area contributed by atoms with Crippen LogP contribution in [0, 0.1) is 17.8 Å². The highest BCUT2D eigenvalue weighted by molar-refractivity contribution is 5.72. The van der Waals surface area contributed by atoms with Gasteiger partial charge in [-0.05, 0) is 25.2 Å². The van der Waals surface area contributed by atoms with Gasteiger partial charge in [0.1, 0.15) is 0 Å². The molecule has 0 saturated carbocycles. The average Bonchev–Trinajstić information content (AvgIpc) is 2.22. The van der Waals surface area contributed by atoms with Crippen molar-refractivity contribution in [3.63, 3.8) is 0 Å². The first kappa shape index (κ1) is 14.4. The summed E-state index contributed by atoms with van der Waals surface area (Å²) in [6, 6.07) is 0. The van der Waals surface area contributed by atoms with Crippen LogP contribution >= 0.6 is 0 Å². The van der Waals surface area contributed by atoms with Gasteiger partial charge in [-0.25, -0.2) is 0 Å². The molecule has 15 heavy (non-hydrogen) atoms. The summed E-state index contributed by atoms with van der Waals surface area (Å²) in [7, 11) is 1.43. The smallest absolute Gasteiger partial charge is 0.311 e. The molecule has 3 nitrogen and oxygen atoms in total. The summed E-state index contributed by atoms with van der Waals surface area (Å²) < 4.78 is 10.1. The van der Waals surface area contributed by atoms with Gasteiger partial charge in [-0.2, -0.15) is 0 Å². The number of methoxy groups -OCH3 is 1. The van der Waals surface area contributed by atoms with Gasteiger partial charge in [0.2, 0.25) is 0 Å². The van der Waals surface area contributed by atoms with Crippen molar-refractivity contribution in [2.24, 2.45) is 17.8 Å². The first-order chi connectivity index (χ1) is 7.02. The SMILES string of the molecule is CCOCC(CC(C)C(C)C)C(=O)OC. The number of hydrogen-bond acceptors (Lipinski definition) is 3. The van der Waals surface area contributed by atoms with Gasteiger partial charge < -0.3 is 9.47 Å². The molecule has 0 rings (SSSR count). The Bertz CT molecular complexity index is 178. The predicted molar refractivity (Wildman–Crippen MR) is 60.6 cm³/mol. The maximum Gasteiger partial charge on any atom is 0.311 e. The van der Waals surface area contributed by atoms with Crippen molar-refractivity contribution >= 4 is 5.97 Å². The first-order valence-corrected chi connectivity index (χ1v) is 5.68. The fourth-order valence-electron chi connectivity index (χ4n) is 1.38. The Morgan fingerprint density at radius 3 is 2.27 bits per heavy atom. The van der Waals surface area contributed by atoms with Gasteiger partial charge in [0.15, 0.2) is 0 Å². The lowest BCUT2D eigenvalue weighted by Crippen LogP contribution is -2.25. The van der Waals surface area contributed by atoms with E-state index in [1.807, 2.05) is 6.92 Å². The summed E-state index contributed by atoms with van der Waals surface area (Å²) in [6.45, 7) is 9.54. The molecule has 0 bridgehead atoms. The van der Waals surface area contributed by atoms with Crippen LogP contribution in [0.15, 0.2) is 0 Å². The number of hydrogen-bond donors (Lipinski definition) is 0. The number of carbonyl (C=O) groups is 1. The molecule has 0 radical (unpaired) electrons. The Morgan fingerprint density at radius 2 is 1.87 bits per heavy atom. The molecule has 90 valence electrons. The molecular weight excluding hydrogens is 192 g/mol. The summed E-state index contributed by atoms with van der Waals surface area (Å²) in [5, 5.41) is 0. The van der Waals surface area contributed by atoms with E-state index in [4.69, 9.17) is 9.47 Å². The quantitative estimate of drug-likeness (QED) is 0.613. The van der Waals surface area contributed by atoms with E-state index >= 15 is 0 Å². The Hall–Kier alpha value is -0.570. The van der Waals surface area contributed by atoms with Gasteiger partial charge in [-0.1, -0.05) is 20.8 Å². The van der Waals surface area contributed by atoms with E-state index in [1.54, 1.807) is 0 Å². The van der Waals surface area contributed by atoms with Crippen LogP contribution in [-0.4, -0.2) is 26.3 Å². The molecule has 3 heteroatoms. The zero-order chi connectivity index (χ0) is 11.8. The lowest BCUT2D eigenvalue weighted by Gasteiger charge is -2.21. The monoisotopic (exact) mass is 216 g/mol. The fourth-order valence-corrected chi connectivity index (χ4v) is 1.38. The summed E-state index contributed by atoms with van der Waals surface area (Å²) in [5.74, 6) is 0.816. The van der Waals surface area contributed by atoms with Gasteiger partial charge in [-0.3, -0.25) is 4.79 Å². The molecule has 2 atom stereocenters. The van der Waals surface area contributed by atoms with E-state index in [1.165, 1.54) is 7.11 Å². The van der Waals surface area contributed by atoms with Crippen LogP contribution in [0.5, 0.6) is 0 Å². The second-order valence-corrected chi connectivity index (χ2v) is 4.34. The molecule has 0 aromatic carbocycles. The van der Waals surface area contributed by atoms with Crippen LogP contribution in [0.4, 0.5) is 0 Å². The summed E-state index contributed by atoms with van der Waals surface area (Å²) in [5.41, 5.74) is 0. The molecule has 0 amide bonds. The second kappa shape index (κ2) is 7.69. The highest BCUT2D eigenvalue weighted by Gasteiger charge is 2.23. The van der Waals surface area contributed by atoms with E-state index < -0.39 is 0 Å². The van der Waals surface area contributed by atoms with Gasteiger partial charge in [0, 0.05) is 6.61 Å². The van der Waals surface area contributed by atoms with Crippen molar-refractivity contribution in [2.45, 2.75) is 34.1 Å². The molecule has 0 fully saturated rings. The highest BCUT2D eigenvalue weighted by atomic mass is 16.5. The van der Waals surface area contributed by atoms with Crippen LogP contribution in [0.25, 0.3) is 0 Å².